The first-order chi connectivity index (χ1) is 34.2. The van der Waals surface area contributed by atoms with Gasteiger partial charge in [0.05, 0.1) is 26.1 Å². The molecular weight excluding hydrogens is 921 g/mol. The van der Waals surface area contributed by atoms with Gasteiger partial charge in [-0.15, -0.1) is 0 Å². The Kier molecular flexibility index (Phi) is 16.1. The lowest BCUT2D eigenvalue weighted by Gasteiger charge is -2.39. The van der Waals surface area contributed by atoms with Crippen LogP contribution in [-0.2, 0) is 44.7 Å². The Morgan fingerprint density at radius 1 is 0.437 bits per heavy atom. The smallest absolute Gasteiger partial charge is 0.307 e. The Balaban J connectivity index is 0.961. The van der Waals surface area contributed by atoms with E-state index in [4.69, 9.17) is 23.7 Å². The number of hydrogen-bond donors (Lipinski definition) is 10. The van der Waals surface area contributed by atoms with Crippen LogP contribution in [0.5, 0.6) is 23.0 Å². The lowest BCUT2D eigenvalue weighted by atomic mass is 9.96. The second-order valence-electron chi connectivity index (χ2n) is 17.6. The van der Waals surface area contributed by atoms with Gasteiger partial charge in [-0.3, -0.25) is 9.59 Å². The molecule has 372 valence electrons. The van der Waals surface area contributed by atoms with Gasteiger partial charge in [0.15, 0.2) is 0 Å². The minimum absolute atomic E-state index is 0.211. The molecular formula is C54H54O17. The Morgan fingerprint density at radius 3 is 1.18 bits per heavy atom. The van der Waals surface area contributed by atoms with Crippen molar-refractivity contribution >= 4 is 11.9 Å². The maximum Gasteiger partial charge on any atom is 0.307 e. The summed E-state index contributed by atoms with van der Waals surface area (Å²) in [5.74, 6) is -0.318. The SMILES string of the molecule is O=C(O)Cc1cccc(-c2cc(Cc3ccc(Oc4ccc(Cc5ccc(O[C@H]6O[C@H](CO)[C@@H](O)[C@@H](O)[C@@H]6O)c(-c6cccc(CC(=O)O)c6)c5)cc4)cc3)ccc2O[C@H]2O[C@H](CO)[C@@H](O)[C@@H](O)[C@@H]2O)c1. The van der Waals surface area contributed by atoms with Gasteiger partial charge in [0, 0.05) is 11.1 Å². The number of carbonyl (C=O) groups is 2. The van der Waals surface area contributed by atoms with Crippen molar-refractivity contribution in [1.82, 2.24) is 0 Å². The summed E-state index contributed by atoms with van der Waals surface area (Å²) in [6, 6.07) is 39.7. The van der Waals surface area contributed by atoms with E-state index in [-0.39, 0.29) is 24.3 Å². The minimum Gasteiger partial charge on any atom is -0.481 e. The van der Waals surface area contributed by atoms with Crippen molar-refractivity contribution in [2.75, 3.05) is 13.2 Å². The monoisotopic (exact) mass is 974 g/mol. The third kappa shape index (κ3) is 12.2. The fourth-order valence-electron chi connectivity index (χ4n) is 8.62. The molecule has 0 amide bonds. The molecule has 71 heavy (non-hydrogen) atoms. The van der Waals surface area contributed by atoms with Crippen LogP contribution in [0.3, 0.4) is 0 Å². The molecule has 0 radical (unpaired) electrons. The highest BCUT2D eigenvalue weighted by Gasteiger charge is 2.46. The van der Waals surface area contributed by atoms with Crippen LogP contribution in [0.25, 0.3) is 22.3 Å². The van der Waals surface area contributed by atoms with Gasteiger partial charge < -0.3 is 74.7 Å². The van der Waals surface area contributed by atoms with E-state index in [1.165, 1.54) is 0 Å². The molecule has 2 aliphatic rings. The molecule has 17 heteroatoms. The fourth-order valence-corrected chi connectivity index (χ4v) is 8.62. The van der Waals surface area contributed by atoms with Gasteiger partial charge in [0.2, 0.25) is 12.6 Å². The fraction of sp³-hybridized carbons (Fsp3) is 0.296. The summed E-state index contributed by atoms with van der Waals surface area (Å²) in [7, 11) is 0. The molecule has 2 saturated heterocycles. The minimum atomic E-state index is -1.64. The molecule has 8 rings (SSSR count). The maximum absolute atomic E-state index is 11.5. The van der Waals surface area contributed by atoms with Crippen LogP contribution in [-0.4, -0.2) is 138 Å². The van der Waals surface area contributed by atoms with Gasteiger partial charge in [0.25, 0.3) is 0 Å². The Bertz CT molecular complexity index is 2590. The summed E-state index contributed by atoms with van der Waals surface area (Å²) in [4.78, 5) is 23.1. The molecule has 0 saturated carbocycles. The number of benzene rings is 6. The van der Waals surface area contributed by atoms with E-state index in [9.17, 15) is 60.7 Å². The molecule has 6 aromatic carbocycles. The summed E-state index contributed by atoms with van der Waals surface area (Å²) in [6.07, 6.45) is -14.4. The van der Waals surface area contributed by atoms with Crippen LogP contribution in [0.2, 0.25) is 0 Å². The molecule has 6 aromatic rings. The number of ether oxygens (including phenoxy) is 5. The van der Waals surface area contributed by atoms with E-state index in [0.717, 1.165) is 22.3 Å². The van der Waals surface area contributed by atoms with Crippen LogP contribution >= 0.6 is 0 Å². The van der Waals surface area contributed by atoms with Gasteiger partial charge >= 0.3 is 11.9 Å². The highest BCUT2D eigenvalue weighted by atomic mass is 16.7. The molecule has 17 nitrogen and oxygen atoms in total. The molecule has 0 aromatic heterocycles. The third-order valence-corrected chi connectivity index (χ3v) is 12.4. The zero-order chi connectivity index (χ0) is 50.3. The number of carboxylic acids is 2. The van der Waals surface area contributed by atoms with Gasteiger partial charge in [0.1, 0.15) is 71.8 Å². The van der Waals surface area contributed by atoms with E-state index in [2.05, 4.69) is 0 Å². The Morgan fingerprint density at radius 2 is 0.817 bits per heavy atom. The van der Waals surface area contributed by atoms with Crippen LogP contribution in [0.1, 0.15) is 33.4 Å². The number of rotatable bonds is 18. The molecule has 0 unspecified atom stereocenters. The first-order valence-corrected chi connectivity index (χ1v) is 22.8. The largest absolute Gasteiger partial charge is 0.481 e. The third-order valence-electron chi connectivity index (χ3n) is 12.4. The standard InChI is InChI=1S/C54H54O17/c55-27-43-47(61)49(63)51(65)53(70-43)68-41-17-11-33(23-39(41)35-5-1-3-31(21-35)25-45(57)58)19-29-7-13-37(14-8-29)67-38-15-9-30(10-16-38)20-34-12-18-42(69-54-52(66)50(64)48(62)44(28-56)71-54)40(24-34)36-6-2-4-32(22-36)26-46(59)60/h1-18,21-24,43-44,47-56,61-66H,19-20,25-28H2,(H,57,58)(H,59,60)/t43-,44-,47-,48-,49-,50-,51+,52+,53+,54+/m1/s1. The number of hydrogen-bond acceptors (Lipinski definition) is 15. The second kappa shape index (κ2) is 22.6. The summed E-state index contributed by atoms with van der Waals surface area (Å²) in [6.45, 7) is -1.25. The van der Waals surface area contributed by atoms with Crippen molar-refractivity contribution in [3.05, 3.63) is 167 Å². The average molecular weight is 975 g/mol. The first-order valence-electron chi connectivity index (χ1n) is 22.8. The highest BCUT2D eigenvalue weighted by molar-refractivity contribution is 5.76. The number of aliphatic carboxylic acids is 2. The lowest BCUT2D eigenvalue weighted by Crippen LogP contribution is -2.60. The van der Waals surface area contributed by atoms with Crippen LogP contribution < -0.4 is 14.2 Å². The maximum atomic E-state index is 11.5. The summed E-state index contributed by atoms with van der Waals surface area (Å²) in [5, 5.41) is 101. The quantitative estimate of drug-likeness (QED) is 0.0589. The molecule has 0 spiro atoms. The van der Waals surface area contributed by atoms with Gasteiger partial charge in [-0.1, -0.05) is 84.9 Å². The predicted molar refractivity (Wildman–Crippen MR) is 254 cm³/mol. The molecule has 10 atom stereocenters. The Labute approximate surface area is 407 Å². The molecule has 2 aliphatic heterocycles. The van der Waals surface area contributed by atoms with Crippen molar-refractivity contribution < 1.29 is 84.3 Å². The van der Waals surface area contributed by atoms with Crippen molar-refractivity contribution in [2.24, 2.45) is 0 Å². The van der Waals surface area contributed by atoms with E-state index in [0.29, 0.717) is 57.7 Å². The zero-order valence-corrected chi connectivity index (χ0v) is 38.0. The molecule has 2 fully saturated rings. The summed E-state index contributed by atoms with van der Waals surface area (Å²) in [5.41, 5.74) is 7.07. The van der Waals surface area contributed by atoms with Crippen molar-refractivity contribution in [1.29, 1.82) is 0 Å². The van der Waals surface area contributed by atoms with Crippen LogP contribution in [0.15, 0.2) is 133 Å². The van der Waals surface area contributed by atoms with E-state index in [1.54, 1.807) is 60.7 Å². The highest BCUT2D eigenvalue weighted by Crippen LogP contribution is 2.37. The zero-order valence-electron chi connectivity index (χ0n) is 38.0. The normalized spacial score (nSPS) is 24.2. The van der Waals surface area contributed by atoms with E-state index < -0.39 is 86.6 Å². The lowest BCUT2D eigenvalue weighted by molar-refractivity contribution is -0.277. The predicted octanol–water partition coefficient (Wildman–Crippen LogP) is 3.61. The van der Waals surface area contributed by atoms with E-state index in [1.807, 2.05) is 72.8 Å². The average Bonchev–Trinajstić information content (AvgIpc) is 3.36. The molecule has 0 aliphatic carbocycles. The Hall–Kier alpha value is -6.74. The van der Waals surface area contributed by atoms with Crippen molar-refractivity contribution in [2.45, 2.75) is 87.1 Å². The summed E-state index contributed by atoms with van der Waals surface area (Å²) < 4.78 is 29.6. The molecule has 2 heterocycles. The molecule has 10 N–H and O–H groups in total. The van der Waals surface area contributed by atoms with Gasteiger partial charge in [-0.2, -0.15) is 0 Å². The molecule has 0 bridgehead atoms. The van der Waals surface area contributed by atoms with Crippen LogP contribution in [0.4, 0.5) is 0 Å². The van der Waals surface area contributed by atoms with Crippen molar-refractivity contribution in [3.8, 4) is 45.3 Å². The van der Waals surface area contributed by atoms with Crippen molar-refractivity contribution in [3.63, 3.8) is 0 Å². The number of aliphatic hydroxyl groups is 8. The number of aliphatic hydroxyl groups excluding tert-OH is 8. The van der Waals surface area contributed by atoms with Gasteiger partial charge in [-0.25, -0.2) is 0 Å². The van der Waals surface area contributed by atoms with E-state index >= 15 is 0 Å². The first kappa shape index (κ1) is 50.6. The summed E-state index contributed by atoms with van der Waals surface area (Å²) >= 11 is 0. The van der Waals surface area contributed by atoms with Gasteiger partial charge in [-0.05, 0) is 106 Å². The number of carboxylic acid groups (broad SMARTS) is 2. The van der Waals surface area contributed by atoms with Crippen LogP contribution in [0, 0.1) is 0 Å². The second-order valence-corrected chi connectivity index (χ2v) is 17.6. The topological polar surface area (TPSA) is 283 Å².